The van der Waals surface area contributed by atoms with E-state index < -0.39 is 0 Å². The summed E-state index contributed by atoms with van der Waals surface area (Å²) in [5, 5.41) is 2.65. The van der Waals surface area contributed by atoms with Crippen LogP contribution in [0.2, 0.25) is 0 Å². The molecule has 0 atom stereocenters. The molecular formula is C11H16N2O3. The van der Waals surface area contributed by atoms with Gasteiger partial charge in [-0.1, -0.05) is 0 Å². The predicted octanol–water partition coefficient (Wildman–Crippen LogP) is 1.25. The van der Waals surface area contributed by atoms with E-state index in [0.29, 0.717) is 23.7 Å². The topological polar surface area (TPSA) is 73.6 Å². The van der Waals surface area contributed by atoms with Gasteiger partial charge in [-0.3, -0.25) is 4.79 Å². The molecule has 88 valence electrons. The molecule has 1 rings (SSSR count). The quantitative estimate of drug-likeness (QED) is 0.738. The number of rotatable bonds is 5. The van der Waals surface area contributed by atoms with Crippen molar-refractivity contribution in [2.24, 2.45) is 0 Å². The Bertz CT molecular complexity index is 366. The van der Waals surface area contributed by atoms with E-state index >= 15 is 0 Å². The van der Waals surface area contributed by atoms with Gasteiger partial charge in [-0.05, 0) is 19.1 Å². The van der Waals surface area contributed by atoms with Crippen molar-refractivity contribution in [3.8, 4) is 5.75 Å². The third-order valence-electron chi connectivity index (χ3n) is 1.97. The number of amides is 1. The van der Waals surface area contributed by atoms with E-state index in [1.807, 2.05) is 6.92 Å². The van der Waals surface area contributed by atoms with E-state index in [1.165, 1.54) is 0 Å². The molecule has 5 nitrogen and oxygen atoms in total. The van der Waals surface area contributed by atoms with Crippen molar-refractivity contribution >= 4 is 17.3 Å². The van der Waals surface area contributed by atoms with Crippen LogP contribution in [-0.4, -0.2) is 26.2 Å². The fourth-order valence-corrected chi connectivity index (χ4v) is 1.16. The summed E-state index contributed by atoms with van der Waals surface area (Å²) in [5.41, 5.74) is 6.76. The molecule has 0 aliphatic carbocycles. The first-order valence-electron chi connectivity index (χ1n) is 4.98. The standard InChI is InChI=1S/C11H16N2O3/c1-3-16-7-11(14)13-10-5-4-8(15-2)6-9(10)12/h4-6H,3,7,12H2,1-2H3,(H,13,14). The van der Waals surface area contributed by atoms with Gasteiger partial charge in [-0.15, -0.1) is 0 Å². The van der Waals surface area contributed by atoms with Gasteiger partial charge in [0, 0.05) is 12.7 Å². The summed E-state index contributed by atoms with van der Waals surface area (Å²) in [5.74, 6) is 0.430. The first-order valence-corrected chi connectivity index (χ1v) is 4.98. The number of ether oxygens (including phenoxy) is 2. The van der Waals surface area contributed by atoms with Crippen LogP contribution in [0.5, 0.6) is 5.75 Å². The van der Waals surface area contributed by atoms with Crippen molar-refractivity contribution in [1.82, 2.24) is 0 Å². The van der Waals surface area contributed by atoms with Crippen LogP contribution in [0.15, 0.2) is 18.2 Å². The second-order valence-corrected chi connectivity index (χ2v) is 3.14. The number of hydrogen-bond acceptors (Lipinski definition) is 4. The van der Waals surface area contributed by atoms with Crippen LogP contribution in [0, 0.1) is 0 Å². The number of hydrogen-bond donors (Lipinski definition) is 2. The van der Waals surface area contributed by atoms with E-state index in [1.54, 1.807) is 25.3 Å². The number of nitrogen functional groups attached to an aromatic ring is 1. The molecule has 0 heterocycles. The van der Waals surface area contributed by atoms with E-state index in [9.17, 15) is 4.79 Å². The van der Waals surface area contributed by atoms with E-state index in [2.05, 4.69) is 5.32 Å². The highest BCUT2D eigenvalue weighted by molar-refractivity contribution is 5.94. The zero-order chi connectivity index (χ0) is 12.0. The molecule has 0 saturated heterocycles. The normalized spacial score (nSPS) is 9.88. The zero-order valence-corrected chi connectivity index (χ0v) is 9.45. The van der Waals surface area contributed by atoms with E-state index in [-0.39, 0.29) is 12.5 Å². The number of methoxy groups -OCH3 is 1. The van der Waals surface area contributed by atoms with Crippen LogP contribution in [0.3, 0.4) is 0 Å². The Hall–Kier alpha value is -1.75. The van der Waals surface area contributed by atoms with Crippen LogP contribution in [0.4, 0.5) is 11.4 Å². The van der Waals surface area contributed by atoms with Crippen molar-refractivity contribution in [3.05, 3.63) is 18.2 Å². The minimum absolute atomic E-state index is 0.0297. The van der Waals surface area contributed by atoms with Gasteiger partial charge in [-0.25, -0.2) is 0 Å². The summed E-state index contributed by atoms with van der Waals surface area (Å²) in [6.45, 7) is 2.36. The maximum atomic E-state index is 11.4. The molecule has 0 unspecified atom stereocenters. The Kier molecular flexibility index (Phi) is 4.60. The Balaban J connectivity index is 2.63. The Morgan fingerprint density at radius 1 is 1.50 bits per heavy atom. The van der Waals surface area contributed by atoms with Crippen molar-refractivity contribution < 1.29 is 14.3 Å². The van der Waals surface area contributed by atoms with Crippen LogP contribution >= 0.6 is 0 Å². The zero-order valence-electron chi connectivity index (χ0n) is 9.45. The Morgan fingerprint density at radius 3 is 2.81 bits per heavy atom. The predicted molar refractivity (Wildman–Crippen MR) is 62.5 cm³/mol. The van der Waals surface area contributed by atoms with Gasteiger partial charge in [-0.2, -0.15) is 0 Å². The number of carbonyl (C=O) groups is 1. The highest BCUT2D eigenvalue weighted by Gasteiger charge is 2.05. The van der Waals surface area contributed by atoms with Crippen LogP contribution in [-0.2, 0) is 9.53 Å². The maximum Gasteiger partial charge on any atom is 0.250 e. The number of benzene rings is 1. The van der Waals surface area contributed by atoms with Gasteiger partial charge < -0.3 is 20.5 Å². The lowest BCUT2D eigenvalue weighted by molar-refractivity contribution is -0.120. The van der Waals surface area contributed by atoms with Crippen LogP contribution in [0.1, 0.15) is 6.92 Å². The molecule has 0 aliphatic heterocycles. The lowest BCUT2D eigenvalue weighted by Crippen LogP contribution is -2.18. The van der Waals surface area contributed by atoms with Crippen molar-refractivity contribution in [1.29, 1.82) is 0 Å². The third-order valence-corrected chi connectivity index (χ3v) is 1.97. The molecule has 0 saturated carbocycles. The second kappa shape index (κ2) is 5.97. The van der Waals surface area contributed by atoms with Gasteiger partial charge in [0.2, 0.25) is 5.91 Å². The minimum Gasteiger partial charge on any atom is -0.497 e. The number of carbonyl (C=O) groups excluding carboxylic acids is 1. The molecular weight excluding hydrogens is 208 g/mol. The summed E-state index contributed by atoms with van der Waals surface area (Å²) in [6.07, 6.45) is 0. The molecule has 0 spiro atoms. The molecule has 0 aromatic heterocycles. The smallest absolute Gasteiger partial charge is 0.250 e. The summed E-state index contributed by atoms with van der Waals surface area (Å²) < 4.78 is 9.98. The minimum atomic E-state index is -0.223. The van der Waals surface area contributed by atoms with Crippen molar-refractivity contribution in [2.75, 3.05) is 31.4 Å². The van der Waals surface area contributed by atoms with Gasteiger partial charge >= 0.3 is 0 Å². The number of nitrogens with one attached hydrogen (secondary N) is 1. The van der Waals surface area contributed by atoms with E-state index in [0.717, 1.165) is 0 Å². The Morgan fingerprint density at radius 2 is 2.25 bits per heavy atom. The van der Waals surface area contributed by atoms with Gasteiger partial charge in [0.15, 0.2) is 0 Å². The number of anilines is 2. The fourth-order valence-electron chi connectivity index (χ4n) is 1.16. The van der Waals surface area contributed by atoms with Gasteiger partial charge in [0.1, 0.15) is 12.4 Å². The van der Waals surface area contributed by atoms with Crippen molar-refractivity contribution in [2.45, 2.75) is 6.92 Å². The maximum absolute atomic E-state index is 11.4. The summed E-state index contributed by atoms with van der Waals surface area (Å²) in [6, 6.07) is 5.07. The molecule has 0 aliphatic rings. The monoisotopic (exact) mass is 224 g/mol. The van der Waals surface area contributed by atoms with Gasteiger partial charge in [0.05, 0.1) is 18.5 Å². The average Bonchev–Trinajstić information content (AvgIpc) is 2.29. The average molecular weight is 224 g/mol. The van der Waals surface area contributed by atoms with Crippen LogP contribution < -0.4 is 15.8 Å². The molecule has 1 aromatic carbocycles. The third kappa shape index (κ3) is 3.43. The van der Waals surface area contributed by atoms with E-state index in [4.69, 9.17) is 15.2 Å². The summed E-state index contributed by atoms with van der Waals surface area (Å²) in [4.78, 5) is 11.4. The Labute approximate surface area is 94.5 Å². The molecule has 0 fully saturated rings. The lowest BCUT2D eigenvalue weighted by atomic mass is 10.2. The molecule has 1 amide bonds. The first kappa shape index (κ1) is 12.3. The van der Waals surface area contributed by atoms with Gasteiger partial charge in [0.25, 0.3) is 0 Å². The van der Waals surface area contributed by atoms with Crippen LogP contribution in [0.25, 0.3) is 0 Å². The second-order valence-electron chi connectivity index (χ2n) is 3.14. The lowest BCUT2D eigenvalue weighted by Gasteiger charge is -2.09. The molecule has 1 aromatic rings. The molecule has 0 radical (unpaired) electrons. The SMILES string of the molecule is CCOCC(=O)Nc1ccc(OC)cc1N. The summed E-state index contributed by atoms with van der Waals surface area (Å²) in [7, 11) is 1.56. The molecule has 3 N–H and O–H groups in total. The van der Waals surface area contributed by atoms with Crippen molar-refractivity contribution in [3.63, 3.8) is 0 Å². The first-order chi connectivity index (χ1) is 7.67. The molecule has 16 heavy (non-hydrogen) atoms. The molecule has 0 bridgehead atoms. The largest absolute Gasteiger partial charge is 0.497 e. The highest BCUT2D eigenvalue weighted by atomic mass is 16.5. The molecule has 5 heteroatoms. The highest BCUT2D eigenvalue weighted by Crippen LogP contribution is 2.23. The summed E-state index contributed by atoms with van der Waals surface area (Å²) >= 11 is 0. The fraction of sp³-hybridized carbons (Fsp3) is 0.364. The number of nitrogens with two attached hydrogens (primary N) is 1.